The Kier molecular flexibility index (Phi) is 5.88. The van der Waals surface area contributed by atoms with E-state index in [2.05, 4.69) is 0 Å². The molecule has 0 aromatic rings. The monoisotopic (exact) mass is 279 g/mol. The van der Waals surface area contributed by atoms with Crippen molar-refractivity contribution in [2.24, 2.45) is 0 Å². The van der Waals surface area contributed by atoms with Crippen molar-refractivity contribution in [1.29, 1.82) is 0 Å². The number of hydrogen-bond donors (Lipinski definition) is 0. The number of halogens is 1. The summed E-state index contributed by atoms with van der Waals surface area (Å²) in [6.45, 7) is 0. The van der Waals surface area contributed by atoms with Gasteiger partial charge in [0.05, 0.1) is 0 Å². The molecular formula is C2H6IO2Zr. The van der Waals surface area contributed by atoms with Crippen molar-refractivity contribution < 1.29 is 26.7 Å². The second kappa shape index (κ2) is 4.69. The summed E-state index contributed by atoms with van der Waals surface area (Å²) in [5, 5.41) is 0. The van der Waals surface area contributed by atoms with Crippen molar-refractivity contribution in [2.75, 3.05) is 14.2 Å². The Bertz CT molecular complexity index is 30.7. The zero-order valence-electron chi connectivity index (χ0n) is 3.69. The van der Waals surface area contributed by atoms with Crippen molar-refractivity contribution in [2.45, 2.75) is 0 Å². The quantitative estimate of drug-likeness (QED) is 0.705. The van der Waals surface area contributed by atoms with E-state index >= 15 is 0 Å². The van der Waals surface area contributed by atoms with E-state index in [1.165, 1.54) is 20.5 Å². The summed E-state index contributed by atoms with van der Waals surface area (Å²) < 4.78 is 9.75. The number of hydrogen-bond acceptors (Lipinski definition) is 2. The van der Waals surface area contributed by atoms with Gasteiger partial charge in [0, 0.05) is 0 Å². The Labute approximate surface area is 56.5 Å². The van der Waals surface area contributed by atoms with Crippen molar-refractivity contribution in [3.05, 3.63) is 0 Å². The van der Waals surface area contributed by atoms with E-state index in [1.807, 2.05) is 0 Å². The van der Waals surface area contributed by atoms with Gasteiger partial charge in [-0.2, -0.15) is 0 Å². The molecule has 0 heterocycles. The molecule has 0 aromatic heterocycles. The Morgan fingerprint density at radius 1 is 1.33 bits per heavy atom. The van der Waals surface area contributed by atoms with Gasteiger partial charge in [0.15, 0.2) is 0 Å². The van der Waals surface area contributed by atoms with Crippen LogP contribution in [-0.2, 0) is 26.7 Å². The van der Waals surface area contributed by atoms with E-state index in [4.69, 9.17) is 6.13 Å². The average molecular weight is 280 g/mol. The van der Waals surface area contributed by atoms with Crippen LogP contribution < -0.4 is 0 Å². The van der Waals surface area contributed by atoms with Crippen LogP contribution >= 0.6 is 16.1 Å². The Morgan fingerprint density at radius 2 is 1.67 bits per heavy atom. The van der Waals surface area contributed by atoms with E-state index in [-0.39, 0.29) is 0 Å². The van der Waals surface area contributed by atoms with Gasteiger partial charge >= 0.3 is 57.0 Å². The predicted molar refractivity (Wildman–Crippen MR) is 28.0 cm³/mol. The molecule has 0 aliphatic heterocycles. The molecule has 0 saturated heterocycles. The maximum atomic E-state index is 4.87. The summed E-state index contributed by atoms with van der Waals surface area (Å²) in [7, 11) is 3.39. The Morgan fingerprint density at radius 3 is 1.67 bits per heavy atom. The summed E-state index contributed by atoms with van der Waals surface area (Å²) in [6.07, 6.45) is 0. The van der Waals surface area contributed by atoms with Crippen LogP contribution in [0.5, 0.6) is 0 Å². The fourth-order valence-electron chi connectivity index (χ4n) is 0.0630. The standard InChI is InChI=1S/C2H6IO2.Zr/c1-4-3-5-2;/h1-2H3;/q+1;-1. The minimum atomic E-state index is -1.21. The van der Waals surface area contributed by atoms with Crippen LogP contribution in [0.2, 0.25) is 0 Å². The first-order chi connectivity index (χ1) is 2.81. The van der Waals surface area contributed by atoms with Crippen LogP contribution in [-0.4, -0.2) is 14.2 Å². The topological polar surface area (TPSA) is 18.5 Å². The van der Waals surface area contributed by atoms with Crippen LogP contribution in [0.25, 0.3) is 0 Å². The van der Waals surface area contributed by atoms with Gasteiger partial charge in [-0.1, -0.05) is 0 Å². The molecule has 0 bridgehead atoms. The molecule has 2 nitrogen and oxygen atoms in total. The first-order valence-electron chi connectivity index (χ1n) is 1.31. The van der Waals surface area contributed by atoms with Gasteiger partial charge in [-0.3, -0.25) is 0 Å². The third-order valence-corrected chi connectivity index (χ3v) is 6.97. The third kappa shape index (κ3) is 3.71. The predicted octanol–water partition coefficient (Wildman–Crippen LogP) is 1.08. The summed E-state index contributed by atoms with van der Waals surface area (Å²) >= 11 is 0.204. The normalized spacial score (nSPS) is 11.2. The van der Waals surface area contributed by atoms with Crippen molar-refractivity contribution in [3.63, 3.8) is 0 Å². The summed E-state index contributed by atoms with van der Waals surface area (Å²) in [5.74, 6) is 0. The van der Waals surface area contributed by atoms with Crippen LogP contribution in [0.15, 0.2) is 0 Å². The molecule has 0 aliphatic rings. The fourth-order valence-corrected chi connectivity index (χ4v) is 0.423. The molecule has 4 heteroatoms. The van der Waals surface area contributed by atoms with Crippen LogP contribution in [0.4, 0.5) is 0 Å². The second-order valence-electron chi connectivity index (χ2n) is 0.526. The maximum absolute atomic E-state index is 4.87. The molecule has 0 saturated carbocycles. The second-order valence-corrected chi connectivity index (χ2v) is 8.62. The van der Waals surface area contributed by atoms with E-state index < -0.39 is 16.1 Å². The van der Waals surface area contributed by atoms with Crippen LogP contribution in [0, 0.1) is 0 Å². The molecule has 37 valence electrons. The molecule has 0 rings (SSSR count). The number of rotatable bonds is 2. The molecule has 0 fully saturated rings. The Hall–Kier alpha value is 1.53. The molecular weight excluding hydrogens is 274 g/mol. The van der Waals surface area contributed by atoms with E-state index in [1.54, 1.807) is 14.2 Å². The van der Waals surface area contributed by atoms with Crippen LogP contribution in [0.3, 0.4) is 0 Å². The van der Waals surface area contributed by atoms with Gasteiger partial charge in [-0.15, -0.1) is 0 Å². The fraction of sp³-hybridized carbons (Fsp3) is 1.00. The third-order valence-electron chi connectivity index (χ3n) is 0.280. The van der Waals surface area contributed by atoms with Crippen LogP contribution in [0.1, 0.15) is 0 Å². The molecule has 0 atom stereocenters. The zero-order chi connectivity index (χ0) is 4.99. The van der Waals surface area contributed by atoms with Crippen molar-refractivity contribution >= 4 is 16.1 Å². The van der Waals surface area contributed by atoms with Gasteiger partial charge in [0.25, 0.3) is 0 Å². The van der Waals surface area contributed by atoms with Gasteiger partial charge in [-0.25, -0.2) is 0 Å². The summed E-state index contributed by atoms with van der Waals surface area (Å²) in [5.41, 5.74) is 0. The molecule has 0 radical (unpaired) electrons. The molecule has 0 aliphatic carbocycles. The van der Waals surface area contributed by atoms with Gasteiger partial charge < -0.3 is 0 Å². The molecule has 0 N–H and O–H groups in total. The van der Waals surface area contributed by atoms with E-state index in [9.17, 15) is 0 Å². The van der Waals surface area contributed by atoms with Gasteiger partial charge in [0.1, 0.15) is 0 Å². The molecule has 0 spiro atoms. The molecule has 0 amide bonds. The van der Waals surface area contributed by atoms with E-state index in [0.29, 0.717) is 0 Å². The summed E-state index contributed by atoms with van der Waals surface area (Å²) in [6, 6.07) is 0. The summed E-state index contributed by atoms with van der Waals surface area (Å²) in [4.78, 5) is 0. The molecule has 0 aromatic carbocycles. The molecule has 0 unspecified atom stereocenters. The van der Waals surface area contributed by atoms with Crippen molar-refractivity contribution in [1.82, 2.24) is 0 Å². The van der Waals surface area contributed by atoms with Gasteiger partial charge in [-0.05, 0) is 0 Å². The Balaban J connectivity index is 2.75. The van der Waals surface area contributed by atoms with Gasteiger partial charge in [0.2, 0.25) is 0 Å². The first kappa shape index (κ1) is 7.53. The first-order valence-corrected chi connectivity index (χ1v) is 10.4. The molecule has 6 heavy (non-hydrogen) atoms. The van der Waals surface area contributed by atoms with E-state index in [0.717, 1.165) is 0 Å². The van der Waals surface area contributed by atoms with Crippen molar-refractivity contribution in [3.8, 4) is 0 Å². The average Bonchev–Trinajstić information content (AvgIpc) is 1.65. The minimum absolute atomic E-state index is 1.21. The zero-order valence-corrected chi connectivity index (χ0v) is 8.31. The SMILES string of the molecule is CO[I]([Zr])OC.